The number of aromatic nitrogens is 1. The molecular formula is C26H23NO2. The standard InChI is InChI=1S/C26H23NO2/c1-3-4-15-29-26(28)22-16-21-18-10-6-5-9-17(18)13-14-19(21)24-20-11-7-8-12-23(20)27(2)25(22)24/h5-14,16H,3-4,15H2,1-2H3. The van der Waals surface area contributed by atoms with Crippen LogP contribution < -0.4 is 0 Å². The summed E-state index contributed by atoms with van der Waals surface area (Å²) in [5, 5.41) is 6.87. The molecule has 0 bridgehead atoms. The Labute approximate surface area is 169 Å². The third-order valence-corrected chi connectivity index (χ3v) is 5.84. The van der Waals surface area contributed by atoms with Gasteiger partial charge in [0.25, 0.3) is 0 Å². The van der Waals surface area contributed by atoms with Crippen molar-refractivity contribution in [3.05, 3.63) is 72.3 Å². The first-order valence-corrected chi connectivity index (χ1v) is 10.2. The molecule has 0 atom stereocenters. The van der Waals surface area contributed by atoms with Gasteiger partial charge < -0.3 is 9.30 Å². The molecule has 0 radical (unpaired) electrons. The molecule has 0 unspecified atom stereocenters. The number of carbonyl (C=O) groups excluding carboxylic acids is 1. The Kier molecular flexibility index (Phi) is 4.24. The predicted molar refractivity (Wildman–Crippen MR) is 121 cm³/mol. The lowest BCUT2D eigenvalue weighted by Crippen LogP contribution is -2.08. The number of ether oxygens (including phenoxy) is 1. The van der Waals surface area contributed by atoms with Crippen molar-refractivity contribution in [2.24, 2.45) is 7.05 Å². The molecule has 0 aliphatic rings. The van der Waals surface area contributed by atoms with Crippen molar-refractivity contribution in [2.45, 2.75) is 19.8 Å². The van der Waals surface area contributed by atoms with Gasteiger partial charge in [-0.05, 0) is 40.1 Å². The third-order valence-electron chi connectivity index (χ3n) is 5.84. The average Bonchev–Trinajstić information content (AvgIpc) is 3.06. The van der Waals surface area contributed by atoms with Gasteiger partial charge in [-0.2, -0.15) is 0 Å². The van der Waals surface area contributed by atoms with Crippen LogP contribution in [0.3, 0.4) is 0 Å². The van der Waals surface area contributed by atoms with E-state index < -0.39 is 0 Å². The molecule has 5 aromatic rings. The molecule has 3 heteroatoms. The number of para-hydroxylation sites is 1. The van der Waals surface area contributed by atoms with Crippen LogP contribution in [0.2, 0.25) is 0 Å². The second-order valence-corrected chi connectivity index (χ2v) is 7.60. The molecule has 0 spiro atoms. The smallest absolute Gasteiger partial charge is 0.340 e. The number of nitrogens with zero attached hydrogens (tertiary/aromatic N) is 1. The molecular weight excluding hydrogens is 358 g/mol. The van der Waals surface area contributed by atoms with E-state index in [1.165, 1.54) is 10.8 Å². The molecule has 0 amide bonds. The zero-order valence-corrected chi connectivity index (χ0v) is 16.7. The monoisotopic (exact) mass is 381 g/mol. The molecule has 0 fully saturated rings. The molecule has 3 nitrogen and oxygen atoms in total. The SMILES string of the molecule is CCCCOC(=O)c1cc2c3ccccc3ccc2c2c3ccccc3n(C)c12. The fourth-order valence-corrected chi connectivity index (χ4v) is 4.41. The van der Waals surface area contributed by atoms with Gasteiger partial charge in [-0.15, -0.1) is 0 Å². The van der Waals surface area contributed by atoms with Gasteiger partial charge in [-0.3, -0.25) is 0 Å². The van der Waals surface area contributed by atoms with E-state index in [0.29, 0.717) is 12.2 Å². The van der Waals surface area contributed by atoms with E-state index in [9.17, 15) is 4.79 Å². The van der Waals surface area contributed by atoms with Gasteiger partial charge >= 0.3 is 5.97 Å². The Balaban J connectivity index is 1.93. The summed E-state index contributed by atoms with van der Waals surface area (Å²) < 4.78 is 7.76. The molecule has 4 aromatic carbocycles. The molecule has 0 saturated carbocycles. The van der Waals surface area contributed by atoms with E-state index in [0.717, 1.165) is 45.4 Å². The lowest BCUT2D eigenvalue weighted by atomic mass is 9.95. The Morgan fingerprint density at radius 3 is 2.48 bits per heavy atom. The van der Waals surface area contributed by atoms with E-state index in [1.54, 1.807) is 0 Å². The average molecular weight is 381 g/mol. The summed E-state index contributed by atoms with van der Waals surface area (Å²) in [4.78, 5) is 13.1. The van der Waals surface area contributed by atoms with Crippen LogP contribution in [0.25, 0.3) is 43.4 Å². The first-order chi connectivity index (χ1) is 14.2. The Bertz CT molecular complexity index is 1390. The Hall–Kier alpha value is -3.33. The maximum absolute atomic E-state index is 13.1. The number of hydrogen-bond donors (Lipinski definition) is 0. The van der Waals surface area contributed by atoms with Crippen LogP contribution in [-0.4, -0.2) is 17.1 Å². The molecule has 144 valence electrons. The van der Waals surface area contributed by atoms with E-state index in [2.05, 4.69) is 54.0 Å². The summed E-state index contributed by atoms with van der Waals surface area (Å²) in [5.74, 6) is -0.246. The van der Waals surface area contributed by atoms with Crippen LogP contribution >= 0.6 is 0 Å². The fraction of sp³-hybridized carbons (Fsp3) is 0.192. The van der Waals surface area contributed by atoms with Gasteiger partial charge in [-0.25, -0.2) is 4.79 Å². The molecule has 0 N–H and O–H groups in total. The summed E-state index contributed by atoms with van der Waals surface area (Å²) in [6.07, 6.45) is 1.87. The summed E-state index contributed by atoms with van der Waals surface area (Å²) in [6, 6.07) is 23.0. The number of unbranched alkanes of at least 4 members (excludes halogenated alkanes) is 1. The second-order valence-electron chi connectivity index (χ2n) is 7.60. The Morgan fingerprint density at radius 2 is 1.66 bits per heavy atom. The largest absolute Gasteiger partial charge is 0.462 e. The van der Waals surface area contributed by atoms with Crippen LogP contribution in [-0.2, 0) is 11.8 Å². The van der Waals surface area contributed by atoms with Crippen molar-refractivity contribution < 1.29 is 9.53 Å². The summed E-state index contributed by atoms with van der Waals surface area (Å²) in [6.45, 7) is 2.55. The number of rotatable bonds is 4. The highest BCUT2D eigenvalue weighted by Gasteiger charge is 2.21. The van der Waals surface area contributed by atoms with Crippen molar-refractivity contribution in [1.82, 2.24) is 4.57 Å². The highest BCUT2D eigenvalue weighted by Crippen LogP contribution is 2.39. The molecule has 0 aliphatic carbocycles. The molecule has 1 aromatic heterocycles. The maximum atomic E-state index is 13.1. The lowest BCUT2D eigenvalue weighted by molar-refractivity contribution is 0.0502. The van der Waals surface area contributed by atoms with Crippen LogP contribution in [0, 0.1) is 0 Å². The minimum absolute atomic E-state index is 0.246. The van der Waals surface area contributed by atoms with Gasteiger partial charge in [0.05, 0.1) is 17.7 Å². The molecule has 0 aliphatic heterocycles. The first-order valence-electron chi connectivity index (χ1n) is 10.2. The summed E-state index contributed by atoms with van der Waals surface area (Å²) in [5.41, 5.74) is 2.69. The van der Waals surface area contributed by atoms with Crippen molar-refractivity contribution in [1.29, 1.82) is 0 Å². The second kappa shape index (κ2) is 6.93. The minimum Gasteiger partial charge on any atom is -0.462 e. The van der Waals surface area contributed by atoms with Gasteiger partial charge in [0.1, 0.15) is 0 Å². The van der Waals surface area contributed by atoms with Crippen LogP contribution in [0.4, 0.5) is 0 Å². The minimum atomic E-state index is -0.246. The molecule has 5 rings (SSSR count). The number of aryl methyl sites for hydroxylation is 1. The quantitative estimate of drug-likeness (QED) is 0.200. The van der Waals surface area contributed by atoms with Crippen molar-refractivity contribution in [3.63, 3.8) is 0 Å². The van der Waals surface area contributed by atoms with E-state index >= 15 is 0 Å². The molecule has 1 heterocycles. The zero-order valence-electron chi connectivity index (χ0n) is 16.7. The molecule has 29 heavy (non-hydrogen) atoms. The van der Waals surface area contributed by atoms with E-state index in [4.69, 9.17) is 4.74 Å². The van der Waals surface area contributed by atoms with Gasteiger partial charge in [0.2, 0.25) is 0 Å². The third kappa shape index (κ3) is 2.69. The van der Waals surface area contributed by atoms with Crippen molar-refractivity contribution >= 4 is 49.3 Å². The number of hydrogen-bond acceptors (Lipinski definition) is 2. The molecule has 0 saturated heterocycles. The van der Waals surface area contributed by atoms with E-state index in [-0.39, 0.29) is 5.97 Å². The van der Waals surface area contributed by atoms with Crippen molar-refractivity contribution in [2.75, 3.05) is 6.61 Å². The number of fused-ring (bicyclic) bond motifs is 7. The topological polar surface area (TPSA) is 31.2 Å². The number of carbonyl (C=O) groups is 1. The van der Waals surface area contributed by atoms with Crippen molar-refractivity contribution in [3.8, 4) is 0 Å². The summed E-state index contributed by atoms with van der Waals surface area (Å²) >= 11 is 0. The van der Waals surface area contributed by atoms with Crippen LogP contribution in [0.15, 0.2) is 66.7 Å². The zero-order chi connectivity index (χ0) is 20.0. The normalized spacial score (nSPS) is 11.7. The van der Waals surface area contributed by atoms with Gasteiger partial charge in [-0.1, -0.05) is 67.9 Å². The number of esters is 1. The highest BCUT2D eigenvalue weighted by atomic mass is 16.5. The van der Waals surface area contributed by atoms with Gasteiger partial charge in [0.15, 0.2) is 0 Å². The maximum Gasteiger partial charge on any atom is 0.340 e. The summed E-state index contributed by atoms with van der Waals surface area (Å²) in [7, 11) is 2.03. The van der Waals surface area contributed by atoms with Crippen LogP contribution in [0.5, 0.6) is 0 Å². The van der Waals surface area contributed by atoms with Crippen LogP contribution in [0.1, 0.15) is 30.1 Å². The highest BCUT2D eigenvalue weighted by molar-refractivity contribution is 6.28. The first kappa shape index (κ1) is 17.7. The predicted octanol–water partition coefficient (Wildman–Crippen LogP) is 6.59. The lowest BCUT2D eigenvalue weighted by Gasteiger charge is -2.11. The Morgan fingerprint density at radius 1 is 0.897 bits per heavy atom. The van der Waals surface area contributed by atoms with E-state index in [1.807, 2.05) is 31.3 Å². The van der Waals surface area contributed by atoms with Gasteiger partial charge in [0, 0.05) is 23.3 Å². The fourth-order valence-electron chi connectivity index (χ4n) is 4.41. The number of benzene rings is 4.